The van der Waals surface area contributed by atoms with Crippen LogP contribution in [-0.2, 0) is 6.42 Å². The molecule has 7 nitrogen and oxygen atoms in total. The van der Waals surface area contributed by atoms with Crippen molar-refractivity contribution in [3.05, 3.63) is 59.5 Å². The Morgan fingerprint density at radius 2 is 1.78 bits per heavy atom. The molecule has 0 saturated heterocycles. The summed E-state index contributed by atoms with van der Waals surface area (Å²) in [6.45, 7) is 2.35. The Morgan fingerprint density at radius 1 is 1.07 bits per heavy atom. The number of nitrogens with one attached hydrogen (secondary N) is 1. The molecule has 140 valence electrons. The fourth-order valence-electron chi connectivity index (χ4n) is 2.70. The van der Waals surface area contributed by atoms with Crippen LogP contribution in [-0.4, -0.2) is 36.9 Å². The van der Waals surface area contributed by atoms with Crippen LogP contribution in [0.3, 0.4) is 0 Å². The zero-order chi connectivity index (χ0) is 19.2. The monoisotopic (exact) mass is 367 g/mol. The summed E-state index contributed by atoms with van der Waals surface area (Å²) in [5.74, 6) is 1.53. The fourth-order valence-corrected chi connectivity index (χ4v) is 2.70. The van der Waals surface area contributed by atoms with Crippen LogP contribution in [0.2, 0.25) is 0 Å². The molecular weight excluding hydrogens is 346 g/mol. The number of rotatable bonds is 7. The van der Waals surface area contributed by atoms with Crippen LogP contribution in [0.5, 0.6) is 11.5 Å². The van der Waals surface area contributed by atoms with Gasteiger partial charge in [0, 0.05) is 18.5 Å². The van der Waals surface area contributed by atoms with Crippen LogP contribution in [0.1, 0.15) is 21.8 Å². The largest absolute Gasteiger partial charge is 0.496 e. The van der Waals surface area contributed by atoms with Gasteiger partial charge in [-0.25, -0.2) is 0 Å². The molecule has 0 unspecified atom stereocenters. The van der Waals surface area contributed by atoms with Crippen molar-refractivity contribution in [3.63, 3.8) is 0 Å². The molecule has 0 spiro atoms. The number of nitrogens with zero attached hydrogens (tertiary/aromatic N) is 2. The summed E-state index contributed by atoms with van der Waals surface area (Å²) in [5.41, 5.74) is 2.34. The number of benzene rings is 2. The van der Waals surface area contributed by atoms with E-state index in [0.29, 0.717) is 41.8 Å². The predicted molar refractivity (Wildman–Crippen MR) is 100 cm³/mol. The maximum atomic E-state index is 12.5. The molecule has 1 N–H and O–H groups in total. The highest BCUT2D eigenvalue weighted by atomic mass is 16.5. The second-order valence-electron chi connectivity index (χ2n) is 5.91. The number of aryl methyl sites for hydroxylation is 1. The van der Waals surface area contributed by atoms with E-state index in [9.17, 15) is 4.79 Å². The summed E-state index contributed by atoms with van der Waals surface area (Å²) >= 11 is 0. The molecule has 0 fully saturated rings. The Kier molecular flexibility index (Phi) is 5.71. The second kappa shape index (κ2) is 8.35. The molecule has 0 saturated carbocycles. The first-order valence-electron chi connectivity index (χ1n) is 8.51. The van der Waals surface area contributed by atoms with Crippen molar-refractivity contribution in [1.82, 2.24) is 15.5 Å². The van der Waals surface area contributed by atoms with Gasteiger partial charge in [0.15, 0.2) is 0 Å². The van der Waals surface area contributed by atoms with Crippen molar-refractivity contribution >= 4 is 5.91 Å². The third kappa shape index (κ3) is 4.25. The molecule has 0 bridgehead atoms. The Labute approximate surface area is 157 Å². The summed E-state index contributed by atoms with van der Waals surface area (Å²) in [6.07, 6.45) is 0.419. The van der Waals surface area contributed by atoms with Gasteiger partial charge < -0.3 is 19.2 Å². The van der Waals surface area contributed by atoms with E-state index in [1.807, 2.05) is 31.2 Å². The van der Waals surface area contributed by atoms with E-state index in [-0.39, 0.29) is 5.91 Å². The predicted octanol–water partition coefficient (Wildman–Crippen LogP) is 3.03. The minimum absolute atomic E-state index is 0.289. The van der Waals surface area contributed by atoms with E-state index in [0.717, 1.165) is 11.1 Å². The zero-order valence-corrected chi connectivity index (χ0v) is 15.5. The Balaban J connectivity index is 1.63. The molecule has 0 radical (unpaired) electrons. The first-order valence-corrected chi connectivity index (χ1v) is 8.51. The Morgan fingerprint density at radius 3 is 2.44 bits per heavy atom. The van der Waals surface area contributed by atoms with Gasteiger partial charge in [0.2, 0.25) is 11.8 Å². The topological polar surface area (TPSA) is 86.5 Å². The van der Waals surface area contributed by atoms with E-state index in [1.165, 1.54) is 14.2 Å². The lowest BCUT2D eigenvalue weighted by Gasteiger charge is -2.12. The van der Waals surface area contributed by atoms with Crippen molar-refractivity contribution in [2.24, 2.45) is 0 Å². The summed E-state index contributed by atoms with van der Waals surface area (Å²) in [7, 11) is 3.02. The van der Waals surface area contributed by atoms with Gasteiger partial charge in [-0.3, -0.25) is 4.79 Å². The molecule has 3 aromatic rings. The minimum Gasteiger partial charge on any atom is -0.496 e. The van der Waals surface area contributed by atoms with Crippen molar-refractivity contribution in [2.75, 3.05) is 20.8 Å². The van der Waals surface area contributed by atoms with E-state index in [1.54, 1.807) is 18.2 Å². The van der Waals surface area contributed by atoms with Crippen LogP contribution in [0.15, 0.2) is 46.9 Å². The molecule has 27 heavy (non-hydrogen) atoms. The molecule has 0 atom stereocenters. The lowest BCUT2D eigenvalue weighted by atomic mass is 10.1. The van der Waals surface area contributed by atoms with Crippen LogP contribution in [0, 0.1) is 6.92 Å². The number of carbonyl (C=O) groups excluding carboxylic acids is 1. The SMILES string of the molecule is COc1cccc(OC)c1C(=O)NCCc1nnc(-c2cccc(C)c2)o1. The number of carbonyl (C=O) groups is 1. The second-order valence-corrected chi connectivity index (χ2v) is 5.91. The molecule has 3 rings (SSSR count). The quantitative estimate of drug-likeness (QED) is 0.691. The van der Waals surface area contributed by atoms with Gasteiger partial charge in [0.25, 0.3) is 5.91 Å². The maximum Gasteiger partial charge on any atom is 0.258 e. The normalized spacial score (nSPS) is 10.5. The van der Waals surface area contributed by atoms with Crippen LogP contribution < -0.4 is 14.8 Å². The molecule has 0 aliphatic rings. The summed E-state index contributed by atoms with van der Waals surface area (Å²) < 4.78 is 16.2. The number of aromatic nitrogens is 2. The van der Waals surface area contributed by atoms with Gasteiger partial charge in [0.05, 0.1) is 14.2 Å². The van der Waals surface area contributed by atoms with Gasteiger partial charge in [-0.2, -0.15) is 0 Å². The first kappa shape index (κ1) is 18.4. The molecule has 0 aliphatic carbocycles. The standard InChI is InChI=1S/C20H21N3O4/c1-13-6-4-7-14(12-13)20-23-22-17(27-20)10-11-21-19(24)18-15(25-2)8-5-9-16(18)26-3/h4-9,12H,10-11H2,1-3H3,(H,21,24). The molecule has 1 heterocycles. The minimum atomic E-state index is -0.289. The zero-order valence-electron chi connectivity index (χ0n) is 15.5. The lowest BCUT2D eigenvalue weighted by Crippen LogP contribution is -2.26. The number of methoxy groups -OCH3 is 2. The van der Waals surface area contributed by atoms with Crippen LogP contribution >= 0.6 is 0 Å². The molecular formula is C20H21N3O4. The van der Waals surface area contributed by atoms with Gasteiger partial charge in [0.1, 0.15) is 17.1 Å². The van der Waals surface area contributed by atoms with Gasteiger partial charge in [-0.1, -0.05) is 23.8 Å². The van der Waals surface area contributed by atoms with Crippen molar-refractivity contribution < 1.29 is 18.7 Å². The summed E-state index contributed by atoms with van der Waals surface area (Å²) in [5, 5.41) is 10.9. The molecule has 2 aromatic carbocycles. The number of hydrogen-bond donors (Lipinski definition) is 1. The number of amides is 1. The highest BCUT2D eigenvalue weighted by Gasteiger charge is 2.18. The van der Waals surface area contributed by atoms with Gasteiger partial charge in [-0.15, -0.1) is 10.2 Å². The summed E-state index contributed by atoms with van der Waals surface area (Å²) in [4.78, 5) is 12.5. The molecule has 1 amide bonds. The highest BCUT2D eigenvalue weighted by molar-refractivity contribution is 5.99. The third-order valence-corrected chi connectivity index (χ3v) is 4.01. The number of hydrogen-bond acceptors (Lipinski definition) is 6. The van der Waals surface area contributed by atoms with Crippen molar-refractivity contribution in [3.8, 4) is 23.0 Å². The number of ether oxygens (including phenoxy) is 2. The summed E-state index contributed by atoms with van der Waals surface area (Å²) in [6, 6.07) is 13.0. The Hall–Kier alpha value is -3.35. The van der Waals surface area contributed by atoms with E-state index in [2.05, 4.69) is 15.5 Å². The van der Waals surface area contributed by atoms with Crippen LogP contribution in [0.4, 0.5) is 0 Å². The van der Waals surface area contributed by atoms with E-state index >= 15 is 0 Å². The highest BCUT2D eigenvalue weighted by Crippen LogP contribution is 2.28. The lowest BCUT2D eigenvalue weighted by molar-refractivity contribution is 0.0947. The molecule has 0 aliphatic heterocycles. The molecule has 1 aromatic heterocycles. The Bertz CT molecular complexity index is 914. The van der Waals surface area contributed by atoms with Gasteiger partial charge in [-0.05, 0) is 31.2 Å². The fraction of sp³-hybridized carbons (Fsp3) is 0.250. The third-order valence-electron chi connectivity index (χ3n) is 4.01. The van der Waals surface area contributed by atoms with Crippen molar-refractivity contribution in [1.29, 1.82) is 0 Å². The smallest absolute Gasteiger partial charge is 0.258 e. The maximum absolute atomic E-state index is 12.5. The van der Waals surface area contributed by atoms with E-state index < -0.39 is 0 Å². The first-order chi connectivity index (χ1) is 13.1. The average Bonchev–Trinajstić information content (AvgIpc) is 3.16. The average molecular weight is 367 g/mol. The van der Waals surface area contributed by atoms with Crippen LogP contribution in [0.25, 0.3) is 11.5 Å². The van der Waals surface area contributed by atoms with E-state index in [4.69, 9.17) is 13.9 Å². The molecule has 7 heteroatoms. The van der Waals surface area contributed by atoms with Gasteiger partial charge >= 0.3 is 0 Å². The van der Waals surface area contributed by atoms with Crippen molar-refractivity contribution in [2.45, 2.75) is 13.3 Å².